The number of carbonyl (C=O) groups is 1. The zero-order valence-corrected chi connectivity index (χ0v) is 16.1. The minimum atomic E-state index is -0.404. The zero-order chi connectivity index (χ0) is 18.8. The average molecular weight is 360 g/mol. The molecular formula is C20H33N5O. The van der Waals surface area contributed by atoms with Gasteiger partial charge in [0.15, 0.2) is 5.96 Å². The normalized spacial score (nSPS) is 18.5. The van der Waals surface area contributed by atoms with Gasteiger partial charge in [-0.15, -0.1) is 0 Å². The van der Waals surface area contributed by atoms with Crippen LogP contribution in [0.1, 0.15) is 55.5 Å². The quantitative estimate of drug-likeness (QED) is 0.490. The molecule has 4 N–H and O–H groups in total. The second-order valence-electron chi connectivity index (χ2n) is 6.78. The van der Waals surface area contributed by atoms with Crippen LogP contribution in [-0.4, -0.2) is 49.0 Å². The maximum atomic E-state index is 11.1. The van der Waals surface area contributed by atoms with Gasteiger partial charge in [-0.2, -0.15) is 0 Å². The molecule has 0 radical (unpaired) electrons. The summed E-state index contributed by atoms with van der Waals surface area (Å²) in [5.74, 6) is 0.426. The van der Waals surface area contributed by atoms with Gasteiger partial charge < -0.3 is 16.4 Å². The molecule has 26 heavy (non-hydrogen) atoms. The minimum absolute atomic E-state index is 0.404. The van der Waals surface area contributed by atoms with Crippen LogP contribution in [0.15, 0.2) is 29.3 Å². The van der Waals surface area contributed by atoms with Gasteiger partial charge in [-0.3, -0.25) is 9.69 Å². The fourth-order valence-electron chi connectivity index (χ4n) is 3.42. The Bertz CT molecular complexity index is 584. The second-order valence-corrected chi connectivity index (χ2v) is 6.78. The van der Waals surface area contributed by atoms with Gasteiger partial charge in [-0.1, -0.05) is 25.5 Å². The number of amides is 1. The number of nitrogens with two attached hydrogens (primary N) is 1. The van der Waals surface area contributed by atoms with Crippen LogP contribution in [0.2, 0.25) is 0 Å². The van der Waals surface area contributed by atoms with E-state index in [1.807, 2.05) is 12.1 Å². The standard InChI is InChI=1S/C20H33N5O/c1-3-18-7-5-6-13-25(18)14-12-23-20(22-4-2)24-15-16-8-10-17(11-9-16)19(21)26/h8-11,18H,3-7,12-15H2,1-2H3,(H2,21,26)(H2,22,23,24). The van der Waals surface area contributed by atoms with Crippen molar-refractivity contribution in [1.82, 2.24) is 15.5 Å². The van der Waals surface area contributed by atoms with Crippen molar-refractivity contribution < 1.29 is 4.79 Å². The molecule has 6 nitrogen and oxygen atoms in total. The molecule has 1 aromatic rings. The van der Waals surface area contributed by atoms with E-state index in [2.05, 4.69) is 34.4 Å². The van der Waals surface area contributed by atoms with Gasteiger partial charge >= 0.3 is 0 Å². The van der Waals surface area contributed by atoms with Crippen molar-refractivity contribution in [2.24, 2.45) is 10.7 Å². The first-order valence-electron chi connectivity index (χ1n) is 9.79. The molecule has 1 aliphatic rings. The van der Waals surface area contributed by atoms with Crippen LogP contribution in [0.3, 0.4) is 0 Å². The number of carbonyl (C=O) groups excluding carboxylic acids is 1. The number of piperidine rings is 1. The van der Waals surface area contributed by atoms with Gasteiger partial charge in [-0.25, -0.2) is 4.99 Å². The molecule has 0 aromatic heterocycles. The summed E-state index contributed by atoms with van der Waals surface area (Å²) < 4.78 is 0. The van der Waals surface area contributed by atoms with Crippen LogP contribution in [0.5, 0.6) is 0 Å². The molecule has 0 spiro atoms. The fraction of sp³-hybridized carbons (Fsp3) is 0.600. The largest absolute Gasteiger partial charge is 0.366 e. The van der Waals surface area contributed by atoms with E-state index in [1.54, 1.807) is 12.1 Å². The van der Waals surface area contributed by atoms with Crippen molar-refractivity contribution in [1.29, 1.82) is 0 Å². The molecule has 1 saturated heterocycles. The highest BCUT2D eigenvalue weighted by Gasteiger charge is 2.19. The number of likely N-dealkylation sites (tertiary alicyclic amines) is 1. The predicted octanol–water partition coefficient (Wildman–Crippen LogP) is 2.11. The number of hydrogen-bond donors (Lipinski definition) is 3. The third-order valence-corrected chi connectivity index (χ3v) is 4.91. The Balaban J connectivity index is 1.84. The smallest absolute Gasteiger partial charge is 0.248 e. The summed E-state index contributed by atoms with van der Waals surface area (Å²) in [4.78, 5) is 18.4. The summed E-state index contributed by atoms with van der Waals surface area (Å²) >= 11 is 0. The van der Waals surface area contributed by atoms with E-state index in [-0.39, 0.29) is 0 Å². The van der Waals surface area contributed by atoms with Crippen LogP contribution in [-0.2, 0) is 6.54 Å². The van der Waals surface area contributed by atoms with Gasteiger partial charge in [-0.05, 0) is 50.4 Å². The van der Waals surface area contributed by atoms with Crippen LogP contribution in [0.4, 0.5) is 0 Å². The summed E-state index contributed by atoms with van der Waals surface area (Å²) in [6, 6.07) is 8.01. The molecule has 1 amide bonds. The van der Waals surface area contributed by atoms with E-state index >= 15 is 0 Å². The lowest BCUT2D eigenvalue weighted by Gasteiger charge is -2.35. The Labute approximate surface area is 157 Å². The minimum Gasteiger partial charge on any atom is -0.366 e. The molecule has 0 saturated carbocycles. The van der Waals surface area contributed by atoms with Crippen molar-refractivity contribution in [3.63, 3.8) is 0 Å². The molecule has 1 unspecified atom stereocenters. The third kappa shape index (κ3) is 6.33. The molecule has 1 aromatic carbocycles. The molecule has 0 aliphatic carbocycles. The van der Waals surface area contributed by atoms with Crippen molar-refractivity contribution in [2.75, 3.05) is 26.2 Å². The maximum absolute atomic E-state index is 11.1. The lowest BCUT2D eigenvalue weighted by Crippen LogP contribution is -2.45. The highest BCUT2D eigenvalue weighted by atomic mass is 16.1. The number of aliphatic imine (C=N–C) groups is 1. The van der Waals surface area contributed by atoms with Crippen LogP contribution < -0.4 is 16.4 Å². The van der Waals surface area contributed by atoms with Gasteiger partial charge in [0, 0.05) is 31.2 Å². The van der Waals surface area contributed by atoms with E-state index in [1.165, 1.54) is 32.2 Å². The SMILES string of the molecule is CCNC(=NCc1ccc(C(N)=O)cc1)NCCN1CCCCC1CC. The summed E-state index contributed by atoms with van der Waals surface area (Å²) in [7, 11) is 0. The van der Waals surface area contributed by atoms with Crippen LogP contribution >= 0.6 is 0 Å². The van der Waals surface area contributed by atoms with Crippen molar-refractivity contribution in [3.05, 3.63) is 35.4 Å². The molecule has 2 rings (SSSR count). The van der Waals surface area contributed by atoms with E-state index in [4.69, 9.17) is 5.73 Å². The first-order chi connectivity index (χ1) is 12.6. The molecule has 1 fully saturated rings. The third-order valence-electron chi connectivity index (χ3n) is 4.91. The summed E-state index contributed by atoms with van der Waals surface area (Å²) in [5.41, 5.74) is 6.84. The Morgan fingerprint density at radius 3 is 2.65 bits per heavy atom. The molecular weight excluding hydrogens is 326 g/mol. The Hall–Kier alpha value is -2.08. The lowest BCUT2D eigenvalue weighted by molar-refractivity contribution is 0.100. The summed E-state index contributed by atoms with van der Waals surface area (Å²) in [5, 5.41) is 6.73. The van der Waals surface area contributed by atoms with Crippen LogP contribution in [0.25, 0.3) is 0 Å². The highest BCUT2D eigenvalue weighted by molar-refractivity contribution is 5.92. The zero-order valence-electron chi connectivity index (χ0n) is 16.1. The molecule has 0 bridgehead atoms. The van der Waals surface area contributed by atoms with Gasteiger partial charge in [0.1, 0.15) is 0 Å². The highest BCUT2D eigenvalue weighted by Crippen LogP contribution is 2.18. The molecule has 6 heteroatoms. The number of nitrogens with one attached hydrogen (secondary N) is 2. The number of rotatable bonds is 8. The number of hydrogen-bond acceptors (Lipinski definition) is 3. The van der Waals surface area contributed by atoms with Crippen LogP contribution in [0, 0.1) is 0 Å². The lowest BCUT2D eigenvalue weighted by atomic mass is 10.0. The average Bonchev–Trinajstić information content (AvgIpc) is 2.66. The fourth-order valence-corrected chi connectivity index (χ4v) is 3.42. The Morgan fingerprint density at radius 1 is 1.23 bits per heavy atom. The monoisotopic (exact) mass is 359 g/mol. The van der Waals surface area contributed by atoms with Crippen molar-refractivity contribution in [2.45, 2.75) is 52.1 Å². The summed E-state index contributed by atoms with van der Waals surface area (Å²) in [6.07, 6.45) is 5.23. The first-order valence-corrected chi connectivity index (χ1v) is 9.79. The van der Waals surface area contributed by atoms with Crippen molar-refractivity contribution >= 4 is 11.9 Å². The first kappa shape index (κ1) is 20.2. The van der Waals surface area contributed by atoms with E-state index in [9.17, 15) is 4.79 Å². The Morgan fingerprint density at radius 2 is 2.00 bits per heavy atom. The van der Waals surface area contributed by atoms with Crippen molar-refractivity contribution in [3.8, 4) is 0 Å². The number of primary amides is 1. The topological polar surface area (TPSA) is 82.7 Å². The van der Waals surface area contributed by atoms with Gasteiger partial charge in [0.2, 0.25) is 5.91 Å². The maximum Gasteiger partial charge on any atom is 0.248 e. The molecule has 1 heterocycles. The van der Waals surface area contributed by atoms with E-state index < -0.39 is 5.91 Å². The Kier molecular flexibility index (Phi) is 8.41. The number of benzene rings is 1. The number of nitrogens with zero attached hydrogens (tertiary/aromatic N) is 2. The summed E-state index contributed by atoms with van der Waals surface area (Å²) in [6.45, 7) is 8.89. The van der Waals surface area contributed by atoms with E-state index in [0.717, 1.165) is 37.2 Å². The van der Waals surface area contributed by atoms with Gasteiger partial charge in [0.05, 0.1) is 6.54 Å². The second kappa shape index (κ2) is 10.8. The number of guanidine groups is 1. The van der Waals surface area contributed by atoms with E-state index in [0.29, 0.717) is 12.1 Å². The molecule has 1 atom stereocenters. The molecule has 1 aliphatic heterocycles. The molecule has 144 valence electrons. The predicted molar refractivity (Wildman–Crippen MR) is 107 cm³/mol. The van der Waals surface area contributed by atoms with Gasteiger partial charge in [0.25, 0.3) is 0 Å².